The third-order valence-electron chi connectivity index (χ3n) is 5.38. The van der Waals surface area contributed by atoms with Crippen molar-refractivity contribution in [2.45, 2.75) is 32.1 Å². The molecule has 0 unspecified atom stereocenters. The molecule has 2 saturated heterocycles. The summed E-state index contributed by atoms with van der Waals surface area (Å²) in [5.74, 6) is 2.55. The Morgan fingerprint density at radius 3 is 1.61 bits per heavy atom. The predicted molar refractivity (Wildman–Crippen MR) is 94.0 cm³/mol. The number of aliphatic imine (C=N–C) groups is 2. The zero-order valence-electron chi connectivity index (χ0n) is 14.3. The van der Waals surface area contributed by atoms with Gasteiger partial charge in [0.1, 0.15) is 0 Å². The Bertz CT molecular complexity index is 432. The molecule has 0 N–H and O–H groups in total. The SMILES string of the molecule is C1CN=C2N(C1)CCCN2CCCN1CCCN2CCCN=C21. The maximum absolute atomic E-state index is 4.79. The molecule has 0 aromatic rings. The Morgan fingerprint density at radius 1 is 0.609 bits per heavy atom. The summed E-state index contributed by atoms with van der Waals surface area (Å²) in [6.45, 7) is 11.5. The molecule has 0 saturated carbocycles. The standard InChI is InChI=1S/C17H30N6/c1-6-18-16-20(8-1)10-3-12-22(16)14-5-15-23-13-4-11-21-9-2-7-19-17(21)23/h1-15H2. The molecule has 23 heavy (non-hydrogen) atoms. The van der Waals surface area contributed by atoms with Crippen molar-refractivity contribution in [2.75, 3.05) is 65.4 Å². The molecule has 128 valence electrons. The number of hydrogen-bond donors (Lipinski definition) is 0. The Morgan fingerprint density at radius 2 is 1.09 bits per heavy atom. The van der Waals surface area contributed by atoms with Gasteiger partial charge in [-0.3, -0.25) is 9.98 Å². The molecular weight excluding hydrogens is 288 g/mol. The molecule has 0 aromatic carbocycles. The van der Waals surface area contributed by atoms with Crippen LogP contribution in [0.1, 0.15) is 32.1 Å². The van der Waals surface area contributed by atoms with Gasteiger partial charge in [0.15, 0.2) is 11.9 Å². The lowest BCUT2D eigenvalue weighted by molar-refractivity contribution is 0.219. The van der Waals surface area contributed by atoms with Crippen LogP contribution in [0.4, 0.5) is 0 Å². The van der Waals surface area contributed by atoms with Gasteiger partial charge in [-0.15, -0.1) is 0 Å². The molecule has 4 aliphatic heterocycles. The number of hydrogen-bond acceptors (Lipinski definition) is 6. The van der Waals surface area contributed by atoms with Crippen LogP contribution < -0.4 is 0 Å². The van der Waals surface area contributed by atoms with Gasteiger partial charge in [0.05, 0.1) is 0 Å². The molecule has 0 spiro atoms. The smallest absolute Gasteiger partial charge is 0.196 e. The summed E-state index contributed by atoms with van der Waals surface area (Å²) in [5.41, 5.74) is 0. The number of nitrogens with zero attached hydrogens (tertiary/aromatic N) is 6. The van der Waals surface area contributed by atoms with Crippen LogP contribution in [0.3, 0.4) is 0 Å². The summed E-state index contributed by atoms with van der Waals surface area (Å²) < 4.78 is 0. The Hall–Kier alpha value is -1.46. The van der Waals surface area contributed by atoms with Gasteiger partial charge in [0.2, 0.25) is 0 Å². The molecule has 0 aromatic heterocycles. The molecule has 2 fully saturated rings. The third kappa shape index (κ3) is 3.26. The highest BCUT2D eigenvalue weighted by Crippen LogP contribution is 2.16. The molecular formula is C17H30N6. The summed E-state index contributed by atoms with van der Waals surface area (Å²) in [6.07, 6.45) is 6.22. The molecule has 0 bridgehead atoms. The van der Waals surface area contributed by atoms with Crippen LogP contribution >= 0.6 is 0 Å². The molecule has 6 nitrogen and oxygen atoms in total. The van der Waals surface area contributed by atoms with Crippen molar-refractivity contribution in [2.24, 2.45) is 9.98 Å². The highest BCUT2D eigenvalue weighted by Gasteiger charge is 2.27. The molecule has 0 amide bonds. The second-order valence-electron chi connectivity index (χ2n) is 7.08. The first-order valence-corrected chi connectivity index (χ1v) is 9.50. The first-order chi connectivity index (χ1) is 11.4. The van der Waals surface area contributed by atoms with E-state index >= 15 is 0 Å². The van der Waals surface area contributed by atoms with Crippen LogP contribution in [-0.2, 0) is 0 Å². The topological polar surface area (TPSA) is 37.7 Å². The van der Waals surface area contributed by atoms with Crippen LogP contribution in [0, 0.1) is 0 Å². The van der Waals surface area contributed by atoms with Gasteiger partial charge in [-0.05, 0) is 32.1 Å². The molecule has 6 heteroatoms. The first kappa shape index (κ1) is 15.1. The average Bonchev–Trinajstić information content (AvgIpc) is 2.62. The molecule has 4 aliphatic rings. The number of rotatable bonds is 4. The van der Waals surface area contributed by atoms with E-state index in [1.807, 2.05) is 0 Å². The minimum absolute atomic E-state index is 1.01. The van der Waals surface area contributed by atoms with E-state index in [0.717, 1.165) is 26.2 Å². The predicted octanol–water partition coefficient (Wildman–Crippen LogP) is 0.911. The van der Waals surface area contributed by atoms with Crippen molar-refractivity contribution in [3.63, 3.8) is 0 Å². The molecule has 4 heterocycles. The van der Waals surface area contributed by atoms with Crippen molar-refractivity contribution in [1.82, 2.24) is 19.6 Å². The highest BCUT2D eigenvalue weighted by molar-refractivity contribution is 5.82. The second kappa shape index (κ2) is 6.97. The quantitative estimate of drug-likeness (QED) is 0.772. The summed E-state index contributed by atoms with van der Waals surface area (Å²) in [7, 11) is 0. The van der Waals surface area contributed by atoms with Gasteiger partial charge in [-0.2, -0.15) is 0 Å². The van der Waals surface area contributed by atoms with Gasteiger partial charge in [-0.25, -0.2) is 0 Å². The van der Waals surface area contributed by atoms with Crippen LogP contribution in [0.15, 0.2) is 9.98 Å². The lowest BCUT2D eigenvalue weighted by Gasteiger charge is -2.43. The lowest BCUT2D eigenvalue weighted by Crippen LogP contribution is -2.54. The summed E-state index contributed by atoms with van der Waals surface area (Å²) in [4.78, 5) is 19.6. The molecule has 4 rings (SSSR count). The Kier molecular flexibility index (Phi) is 4.57. The normalized spacial score (nSPS) is 24.9. The van der Waals surface area contributed by atoms with Crippen molar-refractivity contribution < 1.29 is 0 Å². The fraction of sp³-hybridized carbons (Fsp3) is 0.882. The van der Waals surface area contributed by atoms with E-state index in [9.17, 15) is 0 Å². The monoisotopic (exact) mass is 318 g/mol. The van der Waals surface area contributed by atoms with E-state index in [0.29, 0.717) is 0 Å². The molecule has 0 radical (unpaired) electrons. The first-order valence-electron chi connectivity index (χ1n) is 9.50. The van der Waals surface area contributed by atoms with Crippen molar-refractivity contribution in [1.29, 1.82) is 0 Å². The molecule has 0 atom stereocenters. The van der Waals surface area contributed by atoms with E-state index in [2.05, 4.69) is 19.6 Å². The van der Waals surface area contributed by atoms with Crippen molar-refractivity contribution >= 4 is 11.9 Å². The minimum Gasteiger partial charge on any atom is -0.343 e. The Balaban J connectivity index is 1.31. The van der Waals surface area contributed by atoms with Crippen LogP contribution in [0.5, 0.6) is 0 Å². The summed E-state index contributed by atoms with van der Waals surface area (Å²) in [5, 5.41) is 0. The largest absolute Gasteiger partial charge is 0.343 e. The van der Waals surface area contributed by atoms with E-state index in [1.165, 1.54) is 83.3 Å². The van der Waals surface area contributed by atoms with Crippen LogP contribution in [0.25, 0.3) is 0 Å². The lowest BCUT2D eigenvalue weighted by atomic mass is 10.2. The van der Waals surface area contributed by atoms with Gasteiger partial charge >= 0.3 is 0 Å². The fourth-order valence-corrected chi connectivity index (χ4v) is 4.29. The highest BCUT2D eigenvalue weighted by atomic mass is 15.4. The van der Waals surface area contributed by atoms with E-state index in [1.54, 1.807) is 0 Å². The van der Waals surface area contributed by atoms with E-state index < -0.39 is 0 Å². The zero-order chi connectivity index (χ0) is 15.5. The van der Waals surface area contributed by atoms with Crippen LogP contribution in [0.2, 0.25) is 0 Å². The Labute approximate surface area is 139 Å². The molecule has 0 aliphatic carbocycles. The van der Waals surface area contributed by atoms with Crippen molar-refractivity contribution in [3.8, 4) is 0 Å². The number of guanidine groups is 2. The van der Waals surface area contributed by atoms with Gasteiger partial charge < -0.3 is 19.6 Å². The maximum atomic E-state index is 4.79. The minimum atomic E-state index is 1.01. The summed E-state index contributed by atoms with van der Waals surface area (Å²) in [6, 6.07) is 0. The maximum Gasteiger partial charge on any atom is 0.196 e. The second-order valence-corrected chi connectivity index (χ2v) is 7.08. The average molecular weight is 318 g/mol. The van der Waals surface area contributed by atoms with Gasteiger partial charge in [0, 0.05) is 65.4 Å². The van der Waals surface area contributed by atoms with E-state index in [4.69, 9.17) is 9.98 Å². The van der Waals surface area contributed by atoms with Gasteiger partial charge in [0.25, 0.3) is 0 Å². The fourth-order valence-electron chi connectivity index (χ4n) is 4.29. The van der Waals surface area contributed by atoms with Crippen LogP contribution in [-0.4, -0.2) is 97.0 Å². The van der Waals surface area contributed by atoms with Crippen molar-refractivity contribution in [3.05, 3.63) is 0 Å². The zero-order valence-corrected chi connectivity index (χ0v) is 14.3. The number of fused-ring (bicyclic) bond motifs is 2. The van der Waals surface area contributed by atoms with Gasteiger partial charge in [-0.1, -0.05) is 0 Å². The van der Waals surface area contributed by atoms with E-state index in [-0.39, 0.29) is 0 Å². The third-order valence-corrected chi connectivity index (χ3v) is 5.38. The summed E-state index contributed by atoms with van der Waals surface area (Å²) >= 11 is 0.